The molecule has 0 radical (unpaired) electrons. The fourth-order valence-electron chi connectivity index (χ4n) is 4.11. The van der Waals surface area contributed by atoms with Crippen molar-refractivity contribution in [3.8, 4) is 0 Å². The number of ether oxygens (including phenoxy) is 3. The van der Waals surface area contributed by atoms with Crippen LogP contribution in [-0.2, 0) is 39.8 Å². The Morgan fingerprint density at radius 3 is 2.33 bits per heavy atom. The minimum Gasteiger partial charge on any atom is -0.467 e. The number of carbonyl (C=O) groups is 5. The van der Waals surface area contributed by atoms with E-state index in [0.29, 0.717) is 31.9 Å². The Bertz CT molecular complexity index is 1020. The number of unbranched alkanes of at least 4 members (excludes halogenated alkanes) is 2. The van der Waals surface area contributed by atoms with Crippen LogP contribution in [-0.4, -0.2) is 79.7 Å². The zero-order valence-electron chi connectivity index (χ0n) is 22.3. The van der Waals surface area contributed by atoms with Gasteiger partial charge in [-0.25, -0.2) is 23.2 Å². The van der Waals surface area contributed by atoms with Gasteiger partial charge in [-0.1, -0.05) is 19.8 Å². The molecule has 1 aliphatic rings. The number of halogens is 2. The van der Waals surface area contributed by atoms with E-state index >= 15 is 0 Å². The number of hydrogen-bond donors (Lipinski definition) is 2. The number of rotatable bonds is 13. The number of benzene rings is 1. The molecule has 1 aromatic rings. The van der Waals surface area contributed by atoms with Gasteiger partial charge in [0.25, 0.3) is 0 Å². The molecule has 11 nitrogen and oxygen atoms in total. The van der Waals surface area contributed by atoms with Gasteiger partial charge < -0.3 is 29.7 Å². The Labute approximate surface area is 225 Å². The fraction of sp³-hybridized carbons (Fsp3) is 0.577. The maximum atomic E-state index is 13.7. The summed E-state index contributed by atoms with van der Waals surface area (Å²) in [5, 5.41) is 4.70. The van der Waals surface area contributed by atoms with E-state index in [1.54, 1.807) is 0 Å². The van der Waals surface area contributed by atoms with E-state index in [-0.39, 0.29) is 24.5 Å². The van der Waals surface area contributed by atoms with Crippen LogP contribution in [0.2, 0.25) is 0 Å². The highest BCUT2D eigenvalue weighted by Gasteiger charge is 2.35. The molecule has 3 amide bonds. The lowest BCUT2D eigenvalue weighted by Crippen LogP contribution is -2.54. The first-order valence-corrected chi connectivity index (χ1v) is 12.8. The third-order valence-corrected chi connectivity index (χ3v) is 6.08. The number of nitrogens with zero attached hydrogens (tertiary/aromatic N) is 1. The van der Waals surface area contributed by atoms with Crippen molar-refractivity contribution in [2.24, 2.45) is 0 Å². The van der Waals surface area contributed by atoms with Crippen LogP contribution >= 0.6 is 0 Å². The Morgan fingerprint density at radius 1 is 1.03 bits per heavy atom. The number of carbonyl (C=O) groups excluding carboxylic acids is 5. The van der Waals surface area contributed by atoms with Crippen molar-refractivity contribution in [2.45, 2.75) is 70.5 Å². The van der Waals surface area contributed by atoms with Crippen LogP contribution in [0.3, 0.4) is 0 Å². The number of hydrogen-bond acceptors (Lipinski definition) is 8. The molecule has 1 aromatic carbocycles. The van der Waals surface area contributed by atoms with Crippen LogP contribution in [0.5, 0.6) is 0 Å². The predicted octanol–water partition coefficient (Wildman–Crippen LogP) is 2.00. The minimum atomic E-state index is -1.47. The molecular formula is C26H35F2N3O8. The van der Waals surface area contributed by atoms with Crippen molar-refractivity contribution in [1.82, 2.24) is 15.5 Å². The number of nitrogens with one attached hydrogen (secondary N) is 2. The minimum absolute atomic E-state index is 0.0607. The average Bonchev–Trinajstić information content (AvgIpc) is 3.38. The van der Waals surface area contributed by atoms with Gasteiger partial charge in [0.2, 0.25) is 11.8 Å². The van der Waals surface area contributed by atoms with E-state index in [9.17, 15) is 32.8 Å². The number of methoxy groups -OCH3 is 1. The van der Waals surface area contributed by atoms with Gasteiger partial charge in [0, 0.05) is 26.0 Å². The number of alkyl carbamates (subject to hydrolysis) is 1. The molecule has 39 heavy (non-hydrogen) atoms. The Balaban J connectivity index is 2.13. The maximum absolute atomic E-state index is 13.7. The molecule has 1 fully saturated rings. The molecule has 0 aliphatic carbocycles. The normalized spacial score (nSPS) is 16.1. The van der Waals surface area contributed by atoms with Gasteiger partial charge in [-0.05, 0) is 37.0 Å². The summed E-state index contributed by atoms with van der Waals surface area (Å²) in [7, 11) is 1.07. The molecule has 1 unspecified atom stereocenters. The van der Waals surface area contributed by atoms with E-state index < -0.39 is 60.3 Å². The highest BCUT2D eigenvalue weighted by molar-refractivity contribution is 5.90. The first-order valence-electron chi connectivity index (χ1n) is 12.8. The first-order chi connectivity index (χ1) is 18.5. The summed E-state index contributed by atoms with van der Waals surface area (Å²) in [5.74, 6) is -4.65. The van der Waals surface area contributed by atoms with E-state index in [2.05, 4.69) is 10.6 Å². The van der Waals surface area contributed by atoms with Crippen LogP contribution in [0, 0.1) is 11.6 Å². The molecule has 1 heterocycles. The third-order valence-electron chi connectivity index (χ3n) is 6.08. The summed E-state index contributed by atoms with van der Waals surface area (Å²) in [5.41, 5.74) is 0.0607. The van der Waals surface area contributed by atoms with E-state index in [1.807, 2.05) is 6.92 Å². The first kappa shape index (κ1) is 31.4. The van der Waals surface area contributed by atoms with Gasteiger partial charge >= 0.3 is 18.0 Å². The largest absolute Gasteiger partial charge is 0.467 e. The number of likely N-dealkylation sites (tertiary alicyclic amines) is 1. The van der Waals surface area contributed by atoms with Crippen molar-refractivity contribution in [2.75, 3.05) is 26.9 Å². The number of esters is 2. The molecule has 0 bridgehead atoms. The zero-order valence-corrected chi connectivity index (χ0v) is 22.3. The van der Waals surface area contributed by atoms with E-state index in [1.165, 1.54) is 11.8 Å². The smallest absolute Gasteiger partial charge is 0.407 e. The van der Waals surface area contributed by atoms with E-state index in [0.717, 1.165) is 32.1 Å². The lowest BCUT2D eigenvalue weighted by Gasteiger charge is -2.24. The molecule has 2 N–H and O–H groups in total. The second kappa shape index (κ2) is 15.6. The summed E-state index contributed by atoms with van der Waals surface area (Å²) < 4.78 is 42.5. The van der Waals surface area contributed by atoms with Crippen LogP contribution in [0.25, 0.3) is 0 Å². The van der Waals surface area contributed by atoms with Crippen molar-refractivity contribution in [1.29, 1.82) is 0 Å². The lowest BCUT2D eigenvalue weighted by molar-refractivity contribution is -0.157. The summed E-state index contributed by atoms with van der Waals surface area (Å²) in [6.45, 7) is 3.19. The molecular weight excluding hydrogens is 520 g/mol. The highest BCUT2D eigenvalue weighted by Crippen LogP contribution is 2.18. The predicted molar refractivity (Wildman–Crippen MR) is 133 cm³/mol. The molecule has 0 spiro atoms. The molecule has 1 aliphatic heterocycles. The summed E-state index contributed by atoms with van der Waals surface area (Å²) in [6, 6.07) is -1.02. The zero-order chi connectivity index (χ0) is 28.9. The number of amides is 3. The van der Waals surface area contributed by atoms with Crippen molar-refractivity contribution < 1.29 is 47.0 Å². The van der Waals surface area contributed by atoms with E-state index in [4.69, 9.17) is 14.2 Å². The van der Waals surface area contributed by atoms with Gasteiger partial charge in [-0.3, -0.25) is 9.59 Å². The van der Waals surface area contributed by atoms with Crippen LogP contribution in [0.1, 0.15) is 51.5 Å². The van der Waals surface area contributed by atoms with Gasteiger partial charge in [-0.2, -0.15) is 0 Å². The highest BCUT2D eigenvalue weighted by atomic mass is 19.1. The third kappa shape index (κ3) is 10.1. The van der Waals surface area contributed by atoms with Gasteiger partial charge in [0.1, 0.15) is 30.3 Å². The topological polar surface area (TPSA) is 140 Å². The average molecular weight is 556 g/mol. The molecule has 2 rings (SSSR count). The van der Waals surface area contributed by atoms with Crippen molar-refractivity contribution in [3.63, 3.8) is 0 Å². The molecule has 0 saturated carbocycles. The summed E-state index contributed by atoms with van der Waals surface area (Å²) in [4.78, 5) is 63.5. The van der Waals surface area contributed by atoms with Gasteiger partial charge in [0.05, 0.1) is 13.7 Å². The summed E-state index contributed by atoms with van der Waals surface area (Å²) >= 11 is 0. The standard InChI is InChI=1S/C26H35F2N3O8/c1-4-5-6-10-38-26(36)30-20(13-17-11-18(27)14-19(28)12-17)23(33)29-21(24(34)37-3)15-39-25(35)22-8-7-9-31(22)16(2)32/h11-12,14,20-22H,4-10,13,15H2,1-3H3,(H,29,33)(H,30,36)/t20-,21-,22?/m0/s1. The quantitative estimate of drug-likeness (QED) is 0.214. The molecule has 0 aromatic heterocycles. The second-order valence-corrected chi connectivity index (χ2v) is 9.11. The molecule has 1 saturated heterocycles. The fourth-order valence-corrected chi connectivity index (χ4v) is 4.11. The Morgan fingerprint density at radius 2 is 1.72 bits per heavy atom. The molecule has 216 valence electrons. The second-order valence-electron chi connectivity index (χ2n) is 9.11. The monoisotopic (exact) mass is 555 g/mol. The Hall–Kier alpha value is -3.77. The van der Waals surface area contributed by atoms with Crippen LogP contribution in [0.15, 0.2) is 18.2 Å². The van der Waals surface area contributed by atoms with Gasteiger partial charge in [0.15, 0.2) is 6.04 Å². The lowest BCUT2D eigenvalue weighted by atomic mass is 10.0. The molecule has 13 heteroatoms. The van der Waals surface area contributed by atoms with Crippen molar-refractivity contribution >= 4 is 29.8 Å². The van der Waals surface area contributed by atoms with Crippen LogP contribution in [0.4, 0.5) is 13.6 Å². The Kier molecular flexibility index (Phi) is 12.6. The van der Waals surface area contributed by atoms with Gasteiger partial charge in [-0.15, -0.1) is 0 Å². The maximum Gasteiger partial charge on any atom is 0.407 e. The summed E-state index contributed by atoms with van der Waals surface area (Å²) in [6.07, 6.45) is 2.05. The van der Waals surface area contributed by atoms with Crippen LogP contribution < -0.4 is 10.6 Å². The van der Waals surface area contributed by atoms with Crippen molar-refractivity contribution in [3.05, 3.63) is 35.4 Å². The SMILES string of the molecule is CCCCCOC(=O)N[C@@H](Cc1cc(F)cc(F)c1)C(=O)N[C@@H](COC(=O)C1CCCN1C(C)=O)C(=O)OC. The molecule has 3 atom stereocenters.